The minimum Gasteiger partial charge on any atom is -0.460 e. The van der Waals surface area contributed by atoms with E-state index in [0.29, 0.717) is 11.6 Å². The van der Waals surface area contributed by atoms with Crippen LogP contribution in [0.25, 0.3) is 22.7 Å². The van der Waals surface area contributed by atoms with Crippen molar-refractivity contribution in [1.82, 2.24) is 4.98 Å². The number of carbonyl (C=O) groups is 1. The van der Waals surface area contributed by atoms with E-state index >= 15 is 0 Å². The highest BCUT2D eigenvalue weighted by Crippen LogP contribution is 2.31. The second kappa shape index (κ2) is 6.95. The second-order valence-electron chi connectivity index (χ2n) is 4.76. The maximum Gasteiger partial charge on any atom is 0.376 e. The first-order valence-electron chi connectivity index (χ1n) is 7.19. The van der Waals surface area contributed by atoms with Crippen molar-refractivity contribution in [3.63, 3.8) is 0 Å². The normalized spacial score (nSPS) is 10.5. The zero-order valence-corrected chi connectivity index (χ0v) is 14.6. The van der Waals surface area contributed by atoms with Gasteiger partial charge < -0.3 is 9.15 Å². The van der Waals surface area contributed by atoms with E-state index in [9.17, 15) is 4.79 Å². The zero-order chi connectivity index (χ0) is 16.2. The molecule has 0 radical (unpaired) electrons. The number of carbonyl (C=O) groups excluding carboxylic acids is 1. The van der Waals surface area contributed by atoms with Crippen molar-refractivity contribution in [2.24, 2.45) is 0 Å². The molecule has 3 rings (SSSR count). The molecule has 0 saturated heterocycles. The zero-order valence-electron chi connectivity index (χ0n) is 12.5. The molecule has 1 heterocycles. The van der Waals surface area contributed by atoms with Gasteiger partial charge in [0, 0.05) is 9.13 Å². The first-order chi connectivity index (χ1) is 11.2. The molecule has 0 spiro atoms. The van der Waals surface area contributed by atoms with E-state index in [1.54, 1.807) is 6.92 Å². The quantitative estimate of drug-likeness (QED) is 0.451. The molecule has 0 atom stereocenters. The van der Waals surface area contributed by atoms with Gasteiger partial charge in [-0.2, -0.15) is 0 Å². The SMILES string of the molecule is CCOC(=O)c1oc(-c2ccccc2I)nc1-c1ccccc1. The molecule has 4 nitrogen and oxygen atoms in total. The molecule has 0 unspecified atom stereocenters. The van der Waals surface area contributed by atoms with Gasteiger partial charge in [0.05, 0.1) is 12.2 Å². The first kappa shape index (κ1) is 15.7. The van der Waals surface area contributed by atoms with E-state index in [1.807, 2.05) is 54.6 Å². The molecule has 0 aliphatic heterocycles. The molecule has 0 N–H and O–H groups in total. The van der Waals surface area contributed by atoms with Crippen LogP contribution in [0.5, 0.6) is 0 Å². The van der Waals surface area contributed by atoms with Gasteiger partial charge in [0.1, 0.15) is 5.69 Å². The smallest absolute Gasteiger partial charge is 0.376 e. The molecule has 0 aliphatic rings. The average Bonchev–Trinajstić information content (AvgIpc) is 3.01. The van der Waals surface area contributed by atoms with Crippen LogP contribution < -0.4 is 0 Å². The Morgan fingerprint density at radius 3 is 2.52 bits per heavy atom. The minimum atomic E-state index is -0.504. The lowest BCUT2D eigenvalue weighted by molar-refractivity contribution is 0.0492. The molecule has 3 aromatic rings. The predicted molar refractivity (Wildman–Crippen MR) is 96.0 cm³/mol. The van der Waals surface area contributed by atoms with E-state index in [2.05, 4.69) is 27.6 Å². The van der Waals surface area contributed by atoms with Gasteiger partial charge in [-0.05, 0) is 41.6 Å². The Balaban J connectivity index is 2.14. The van der Waals surface area contributed by atoms with Crippen molar-refractivity contribution in [2.75, 3.05) is 6.61 Å². The summed E-state index contributed by atoms with van der Waals surface area (Å²) in [5.74, 6) is 0.0423. The van der Waals surface area contributed by atoms with Gasteiger partial charge in [0.25, 0.3) is 0 Å². The number of halogens is 1. The van der Waals surface area contributed by atoms with E-state index in [1.165, 1.54) is 0 Å². The number of hydrogen-bond donors (Lipinski definition) is 0. The topological polar surface area (TPSA) is 52.3 Å². The summed E-state index contributed by atoms with van der Waals surface area (Å²) in [6, 6.07) is 17.2. The van der Waals surface area contributed by atoms with Crippen LogP contribution in [0.3, 0.4) is 0 Å². The molecule has 0 fully saturated rings. The third-order valence-corrected chi connectivity index (χ3v) is 4.18. The molecule has 1 aromatic heterocycles. The third kappa shape index (κ3) is 3.29. The van der Waals surface area contributed by atoms with Crippen molar-refractivity contribution >= 4 is 28.6 Å². The van der Waals surface area contributed by atoms with Crippen LogP contribution in [-0.2, 0) is 4.74 Å². The minimum absolute atomic E-state index is 0.132. The van der Waals surface area contributed by atoms with Crippen molar-refractivity contribution < 1.29 is 13.9 Å². The van der Waals surface area contributed by atoms with Crippen molar-refractivity contribution in [1.29, 1.82) is 0 Å². The molecule has 2 aromatic carbocycles. The summed E-state index contributed by atoms with van der Waals surface area (Å²) < 4.78 is 11.9. The van der Waals surface area contributed by atoms with Crippen LogP contribution in [-0.4, -0.2) is 17.6 Å². The number of rotatable bonds is 4. The highest BCUT2D eigenvalue weighted by molar-refractivity contribution is 14.1. The Labute approximate surface area is 147 Å². The van der Waals surface area contributed by atoms with Crippen LogP contribution in [0, 0.1) is 3.57 Å². The summed E-state index contributed by atoms with van der Waals surface area (Å²) in [7, 11) is 0. The number of hydrogen-bond acceptors (Lipinski definition) is 4. The number of nitrogens with zero attached hydrogens (tertiary/aromatic N) is 1. The molecular weight excluding hydrogens is 405 g/mol. The van der Waals surface area contributed by atoms with E-state index in [4.69, 9.17) is 9.15 Å². The third-order valence-electron chi connectivity index (χ3n) is 3.24. The maximum absolute atomic E-state index is 12.2. The molecule has 0 bridgehead atoms. The lowest BCUT2D eigenvalue weighted by atomic mass is 10.1. The maximum atomic E-state index is 12.2. The summed E-state index contributed by atoms with van der Waals surface area (Å²) in [5, 5.41) is 0. The molecule has 0 amide bonds. The fourth-order valence-electron chi connectivity index (χ4n) is 2.20. The number of aromatic nitrogens is 1. The lowest BCUT2D eigenvalue weighted by Gasteiger charge is -2.00. The monoisotopic (exact) mass is 419 g/mol. The molecular formula is C18H14INO3. The summed E-state index contributed by atoms with van der Waals surface area (Å²) in [5.41, 5.74) is 2.16. The van der Waals surface area contributed by atoms with Crippen LogP contribution in [0.2, 0.25) is 0 Å². The van der Waals surface area contributed by atoms with Crippen LogP contribution in [0.4, 0.5) is 0 Å². The number of oxazole rings is 1. The number of benzene rings is 2. The van der Waals surface area contributed by atoms with E-state index < -0.39 is 5.97 Å². The molecule has 116 valence electrons. The summed E-state index contributed by atoms with van der Waals surface area (Å²) in [4.78, 5) is 16.8. The Morgan fingerprint density at radius 1 is 1.13 bits per heavy atom. The van der Waals surface area contributed by atoms with E-state index in [-0.39, 0.29) is 12.4 Å². The number of ether oxygens (including phenoxy) is 1. The van der Waals surface area contributed by atoms with Crippen LogP contribution in [0.1, 0.15) is 17.5 Å². The average molecular weight is 419 g/mol. The Morgan fingerprint density at radius 2 is 1.83 bits per heavy atom. The van der Waals surface area contributed by atoms with Gasteiger partial charge in [0.15, 0.2) is 0 Å². The number of esters is 1. The van der Waals surface area contributed by atoms with Gasteiger partial charge in [-0.25, -0.2) is 9.78 Å². The predicted octanol–water partition coefficient (Wildman–Crippen LogP) is 4.79. The molecule has 0 aliphatic carbocycles. The standard InChI is InChI=1S/C18H14INO3/c1-2-22-18(21)16-15(12-8-4-3-5-9-12)20-17(23-16)13-10-6-7-11-14(13)19/h3-11H,2H2,1H3. The van der Waals surface area contributed by atoms with Gasteiger partial charge in [0.2, 0.25) is 11.7 Å². The Bertz CT molecular complexity index is 827. The first-order valence-corrected chi connectivity index (χ1v) is 8.27. The van der Waals surface area contributed by atoms with Crippen molar-refractivity contribution in [2.45, 2.75) is 6.92 Å². The summed E-state index contributed by atoms with van der Waals surface area (Å²) >= 11 is 2.22. The van der Waals surface area contributed by atoms with Gasteiger partial charge in [-0.15, -0.1) is 0 Å². The van der Waals surface area contributed by atoms with Crippen LogP contribution >= 0.6 is 22.6 Å². The van der Waals surface area contributed by atoms with Gasteiger partial charge in [-0.3, -0.25) is 0 Å². The highest BCUT2D eigenvalue weighted by atomic mass is 127. The van der Waals surface area contributed by atoms with Crippen molar-refractivity contribution in [3.8, 4) is 22.7 Å². The summed E-state index contributed by atoms with van der Waals surface area (Å²) in [6.07, 6.45) is 0. The fourth-order valence-corrected chi connectivity index (χ4v) is 2.81. The van der Waals surface area contributed by atoms with Gasteiger partial charge in [-0.1, -0.05) is 42.5 Å². The largest absolute Gasteiger partial charge is 0.460 e. The van der Waals surface area contributed by atoms with E-state index in [0.717, 1.165) is 14.7 Å². The fraction of sp³-hybridized carbons (Fsp3) is 0.111. The Hall–Kier alpha value is -2.15. The van der Waals surface area contributed by atoms with Crippen molar-refractivity contribution in [3.05, 3.63) is 63.9 Å². The summed E-state index contributed by atoms with van der Waals surface area (Å²) in [6.45, 7) is 2.05. The van der Waals surface area contributed by atoms with Gasteiger partial charge >= 0.3 is 5.97 Å². The highest BCUT2D eigenvalue weighted by Gasteiger charge is 2.23. The molecule has 0 saturated carbocycles. The molecule has 5 heteroatoms. The second-order valence-corrected chi connectivity index (χ2v) is 5.93. The van der Waals surface area contributed by atoms with Crippen LogP contribution in [0.15, 0.2) is 59.0 Å². The lowest BCUT2D eigenvalue weighted by Crippen LogP contribution is -2.04. The molecule has 23 heavy (non-hydrogen) atoms. The Kier molecular flexibility index (Phi) is 4.76.